The van der Waals surface area contributed by atoms with Gasteiger partial charge in [0.05, 0.1) is 0 Å². The second-order valence-corrected chi connectivity index (χ2v) is 4.36. The summed E-state index contributed by atoms with van der Waals surface area (Å²) in [6.45, 7) is 2.40. The van der Waals surface area contributed by atoms with Gasteiger partial charge < -0.3 is 0 Å². The molecule has 58 valence electrons. The smallest absolute Gasteiger partial charge is 0.0383 e. The van der Waals surface area contributed by atoms with Gasteiger partial charge in [0.15, 0.2) is 0 Å². The summed E-state index contributed by atoms with van der Waals surface area (Å²) < 4.78 is 0. The fourth-order valence-electron chi connectivity index (χ4n) is 2.40. The van der Waals surface area contributed by atoms with Gasteiger partial charge in [-0.3, -0.25) is 0 Å². The van der Waals surface area contributed by atoms with E-state index in [1.54, 1.807) is 19.3 Å². The monoisotopic (exact) mass is 138 g/mol. The first-order valence-electron chi connectivity index (χ1n) is 4.86. The molecule has 0 aromatic carbocycles. The van der Waals surface area contributed by atoms with Gasteiger partial charge in [0.25, 0.3) is 0 Å². The second-order valence-electron chi connectivity index (χ2n) is 4.36. The second kappa shape index (κ2) is 2.56. The van der Waals surface area contributed by atoms with Gasteiger partial charge in [-0.05, 0) is 30.6 Å². The third-order valence-corrected chi connectivity index (χ3v) is 3.39. The molecule has 0 aliphatic heterocycles. The van der Waals surface area contributed by atoms with Gasteiger partial charge in [-0.1, -0.05) is 32.6 Å². The summed E-state index contributed by atoms with van der Waals surface area (Å²) in [4.78, 5) is 0. The number of rotatable bonds is 2. The lowest BCUT2D eigenvalue weighted by Crippen LogP contribution is -1.94. The Labute approximate surface area is 64.0 Å². The molecular formula is C10H18. The van der Waals surface area contributed by atoms with Crippen molar-refractivity contribution < 1.29 is 0 Å². The van der Waals surface area contributed by atoms with Gasteiger partial charge in [-0.2, -0.15) is 0 Å². The molecule has 10 heavy (non-hydrogen) atoms. The molecule has 0 saturated heterocycles. The average molecular weight is 138 g/mol. The maximum absolute atomic E-state index is 2.40. The zero-order chi connectivity index (χ0) is 6.97. The largest absolute Gasteiger partial charge is 0.0622 e. The Morgan fingerprint density at radius 1 is 1.20 bits per heavy atom. The van der Waals surface area contributed by atoms with Gasteiger partial charge in [0.1, 0.15) is 0 Å². The molecule has 2 aliphatic carbocycles. The van der Waals surface area contributed by atoms with Crippen LogP contribution in [0, 0.1) is 17.8 Å². The van der Waals surface area contributed by atoms with Crippen molar-refractivity contribution in [1.29, 1.82) is 0 Å². The summed E-state index contributed by atoms with van der Waals surface area (Å²) in [5.74, 6) is 3.36. The van der Waals surface area contributed by atoms with E-state index in [1.807, 2.05) is 0 Å². The standard InChI is InChI=1S/C10H18/c1-8-6-10(8)7-9-4-2-3-5-9/h8-10H,2-7H2,1H3. The van der Waals surface area contributed by atoms with Crippen LogP contribution in [-0.4, -0.2) is 0 Å². The molecule has 0 radical (unpaired) electrons. The topological polar surface area (TPSA) is 0 Å². The van der Waals surface area contributed by atoms with Crippen LogP contribution in [0.15, 0.2) is 0 Å². The van der Waals surface area contributed by atoms with Crippen LogP contribution in [0.2, 0.25) is 0 Å². The Hall–Kier alpha value is 0. The molecule has 0 heterocycles. The zero-order valence-corrected chi connectivity index (χ0v) is 6.97. The van der Waals surface area contributed by atoms with Crippen molar-refractivity contribution in [2.45, 2.75) is 45.4 Å². The molecular weight excluding hydrogens is 120 g/mol. The van der Waals surface area contributed by atoms with Crippen LogP contribution in [0.25, 0.3) is 0 Å². The first kappa shape index (κ1) is 6.69. The minimum absolute atomic E-state index is 1.08. The minimum Gasteiger partial charge on any atom is -0.0622 e. The van der Waals surface area contributed by atoms with Gasteiger partial charge in [0, 0.05) is 0 Å². The lowest BCUT2D eigenvalue weighted by atomic mass is 10.0. The molecule has 0 heteroatoms. The fourth-order valence-corrected chi connectivity index (χ4v) is 2.40. The summed E-state index contributed by atoms with van der Waals surface area (Å²) in [6, 6.07) is 0. The molecule has 0 bridgehead atoms. The zero-order valence-electron chi connectivity index (χ0n) is 6.97. The van der Waals surface area contributed by atoms with Gasteiger partial charge in [0.2, 0.25) is 0 Å². The molecule has 0 aromatic heterocycles. The van der Waals surface area contributed by atoms with Crippen molar-refractivity contribution in [2.75, 3.05) is 0 Å². The molecule has 2 atom stereocenters. The van der Waals surface area contributed by atoms with E-state index in [0.717, 1.165) is 17.8 Å². The Bertz CT molecular complexity index is 111. The summed E-state index contributed by atoms with van der Waals surface area (Å²) in [5, 5.41) is 0. The van der Waals surface area contributed by atoms with Crippen LogP contribution < -0.4 is 0 Å². The Morgan fingerprint density at radius 2 is 1.80 bits per heavy atom. The molecule has 2 saturated carbocycles. The van der Waals surface area contributed by atoms with E-state index in [9.17, 15) is 0 Å². The van der Waals surface area contributed by atoms with E-state index in [2.05, 4.69) is 6.92 Å². The highest BCUT2D eigenvalue weighted by molar-refractivity contribution is 4.85. The van der Waals surface area contributed by atoms with Crippen molar-refractivity contribution in [3.05, 3.63) is 0 Å². The molecule has 2 aliphatic rings. The maximum atomic E-state index is 2.40. The first-order chi connectivity index (χ1) is 4.86. The minimum atomic E-state index is 1.08. The SMILES string of the molecule is CC1CC1CC1CCCC1. The van der Waals surface area contributed by atoms with Crippen LogP contribution in [0.4, 0.5) is 0 Å². The van der Waals surface area contributed by atoms with Crippen LogP contribution in [0.5, 0.6) is 0 Å². The maximum Gasteiger partial charge on any atom is -0.0383 e. The molecule has 0 N–H and O–H groups in total. The van der Waals surface area contributed by atoms with Gasteiger partial charge >= 0.3 is 0 Å². The Balaban J connectivity index is 1.70. The van der Waals surface area contributed by atoms with E-state index in [4.69, 9.17) is 0 Å². The Morgan fingerprint density at radius 3 is 2.30 bits per heavy atom. The molecule has 0 spiro atoms. The molecule has 0 nitrogen and oxygen atoms in total. The molecule has 2 unspecified atom stereocenters. The molecule has 2 rings (SSSR count). The van der Waals surface area contributed by atoms with E-state index in [-0.39, 0.29) is 0 Å². The summed E-state index contributed by atoms with van der Waals surface area (Å²) >= 11 is 0. The molecule has 2 fully saturated rings. The van der Waals surface area contributed by atoms with E-state index < -0.39 is 0 Å². The highest BCUT2D eigenvalue weighted by Gasteiger charge is 2.34. The predicted octanol–water partition coefficient (Wildman–Crippen LogP) is 3.22. The van der Waals surface area contributed by atoms with E-state index in [0.29, 0.717) is 0 Å². The highest BCUT2D eigenvalue weighted by Crippen LogP contribution is 2.45. The Kier molecular flexibility index (Phi) is 1.71. The summed E-state index contributed by atoms with van der Waals surface area (Å²) in [6.07, 6.45) is 9.24. The summed E-state index contributed by atoms with van der Waals surface area (Å²) in [7, 11) is 0. The number of hydrogen-bond donors (Lipinski definition) is 0. The molecule has 0 amide bonds. The van der Waals surface area contributed by atoms with Crippen molar-refractivity contribution in [1.82, 2.24) is 0 Å². The third kappa shape index (κ3) is 1.36. The van der Waals surface area contributed by atoms with Crippen molar-refractivity contribution in [2.24, 2.45) is 17.8 Å². The number of hydrogen-bond acceptors (Lipinski definition) is 0. The van der Waals surface area contributed by atoms with Crippen molar-refractivity contribution >= 4 is 0 Å². The summed E-state index contributed by atoms with van der Waals surface area (Å²) in [5.41, 5.74) is 0. The normalized spacial score (nSPS) is 40.5. The fraction of sp³-hybridized carbons (Fsp3) is 1.00. The predicted molar refractivity (Wildman–Crippen MR) is 43.8 cm³/mol. The van der Waals surface area contributed by atoms with Crippen LogP contribution in [-0.2, 0) is 0 Å². The van der Waals surface area contributed by atoms with Crippen molar-refractivity contribution in [3.63, 3.8) is 0 Å². The van der Waals surface area contributed by atoms with Gasteiger partial charge in [-0.15, -0.1) is 0 Å². The quantitative estimate of drug-likeness (QED) is 0.549. The molecule has 0 aromatic rings. The van der Waals surface area contributed by atoms with Crippen LogP contribution in [0.1, 0.15) is 45.4 Å². The average Bonchev–Trinajstić information content (AvgIpc) is 2.48. The highest BCUT2D eigenvalue weighted by atomic mass is 14.4. The van der Waals surface area contributed by atoms with Crippen LogP contribution in [0.3, 0.4) is 0 Å². The lowest BCUT2D eigenvalue weighted by Gasteiger charge is -2.05. The van der Waals surface area contributed by atoms with Gasteiger partial charge in [-0.25, -0.2) is 0 Å². The van der Waals surface area contributed by atoms with E-state index >= 15 is 0 Å². The lowest BCUT2D eigenvalue weighted by molar-refractivity contribution is 0.458. The first-order valence-corrected chi connectivity index (χ1v) is 4.86. The third-order valence-electron chi connectivity index (χ3n) is 3.39. The van der Waals surface area contributed by atoms with Crippen LogP contribution >= 0.6 is 0 Å². The van der Waals surface area contributed by atoms with Crippen molar-refractivity contribution in [3.8, 4) is 0 Å². The van der Waals surface area contributed by atoms with E-state index in [1.165, 1.54) is 19.3 Å².